The topological polar surface area (TPSA) is 63.2 Å². The molecule has 0 aliphatic heterocycles. The summed E-state index contributed by atoms with van der Waals surface area (Å²) >= 11 is 0. The van der Waals surface area contributed by atoms with Crippen LogP contribution in [0.25, 0.3) is 0 Å². The first kappa shape index (κ1) is 18.5. The van der Waals surface area contributed by atoms with Crippen LogP contribution in [-0.4, -0.2) is 30.3 Å². The second-order valence-electron chi connectivity index (χ2n) is 5.98. The predicted octanol–water partition coefficient (Wildman–Crippen LogP) is 3.82. The van der Waals surface area contributed by atoms with Crippen LogP contribution in [0.3, 0.4) is 0 Å². The minimum Gasteiger partial charge on any atom is -0.376 e. The summed E-state index contributed by atoms with van der Waals surface area (Å²) in [6.07, 6.45) is 1.09. The van der Waals surface area contributed by atoms with E-state index in [0.717, 1.165) is 25.0 Å². The molecule has 0 unspecified atom stereocenters. The highest BCUT2D eigenvalue weighted by Crippen LogP contribution is 2.29. The number of hydrogen-bond donors (Lipinski definition) is 2. The molecule has 134 valence electrons. The smallest absolute Gasteiger partial charge is 0.376 e. The van der Waals surface area contributed by atoms with Gasteiger partial charge in [0.05, 0.1) is 18.3 Å². The number of alkyl halides is 3. The lowest BCUT2D eigenvalue weighted by Gasteiger charge is -2.28. The van der Waals surface area contributed by atoms with Crippen LogP contribution in [0, 0.1) is 5.92 Å². The van der Waals surface area contributed by atoms with Crippen molar-refractivity contribution in [3.05, 3.63) is 23.9 Å². The Morgan fingerprint density at radius 2 is 2.08 bits per heavy atom. The number of ether oxygens (including phenoxy) is 1. The standard InChI is InChI=1S/C16H22F3N3O2/c1-11-4-2-3-5-13(11)24-9-8-20-15(23)22-14-7-6-12(10-21-14)16(17,18)19/h6-7,10-11,13H,2-5,8-9H2,1H3,(H2,20,21,22,23)/t11-,13-/m1/s1. The first-order valence-corrected chi connectivity index (χ1v) is 8.06. The third kappa shape index (κ3) is 5.67. The molecule has 2 N–H and O–H groups in total. The van der Waals surface area contributed by atoms with Gasteiger partial charge in [-0.2, -0.15) is 13.2 Å². The fourth-order valence-corrected chi connectivity index (χ4v) is 2.70. The fraction of sp³-hybridized carbons (Fsp3) is 0.625. The van der Waals surface area contributed by atoms with Crippen molar-refractivity contribution in [1.29, 1.82) is 0 Å². The molecule has 24 heavy (non-hydrogen) atoms. The molecule has 5 nitrogen and oxygen atoms in total. The molecular weight excluding hydrogens is 323 g/mol. The van der Waals surface area contributed by atoms with E-state index in [1.54, 1.807) is 0 Å². The van der Waals surface area contributed by atoms with E-state index in [1.807, 2.05) is 0 Å². The summed E-state index contributed by atoms with van der Waals surface area (Å²) in [7, 11) is 0. The van der Waals surface area contributed by atoms with Crippen LogP contribution in [0.4, 0.5) is 23.8 Å². The Hall–Kier alpha value is -1.83. The average Bonchev–Trinajstić information content (AvgIpc) is 2.53. The Morgan fingerprint density at radius 3 is 2.71 bits per heavy atom. The van der Waals surface area contributed by atoms with Crippen LogP contribution in [0.5, 0.6) is 0 Å². The molecule has 1 aromatic heterocycles. The van der Waals surface area contributed by atoms with Crippen LogP contribution < -0.4 is 10.6 Å². The number of carbonyl (C=O) groups excluding carboxylic acids is 1. The Balaban J connectivity index is 1.68. The summed E-state index contributed by atoms with van der Waals surface area (Å²) in [5.74, 6) is 0.589. The molecule has 1 heterocycles. The van der Waals surface area contributed by atoms with Gasteiger partial charge in [-0.1, -0.05) is 19.8 Å². The molecule has 0 aromatic carbocycles. The van der Waals surface area contributed by atoms with E-state index in [0.29, 0.717) is 25.3 Å². The number of pyridine rings is 1. The number of carbonyl (C=O) groups is 1. The summed E-state index contributed by atoms with van der Waals surface area (Å²) in [6.45, 7) is 2.90. The fourth-order valence-electron chi connectivity index (χ4n) is 2.70. The Morgan fingerprint density at radius 1 is 1.33 bits per heavy atom. The Labute approximate surface area is 139 Å². The zero-order valence-corrected chi connectivity index (χ0v) is 13.5. The molecule has 0 bridgehead atoms. The zero-order chi connectivity index (χ0) is 17.6. The lowest BCUT2D eigenvalue weighted by Crippen LogP contribution is -2.34. The largest absolute Gasteiger partial charge is 0.417 e. The SMILES string of the molecule is C[C@@H]1CCCC[C@H]1OCCNC(=O)Nc1ccc(C(F)(F)F)cn1. The van der Waals surface area contributed by atoms with Gasteiger partial charge >= 0.3 is 12.2 Å². The van der Waals surface area contributed by atoms with Crippen molar-refractivity contribution >= 4 is 11.8 Å². The van der Waals surface area contributed by atoms with Crippen LogP contribution in [-0.2, 0) is 10.9 Å². The number of hydrogen-bond acceptors (Lipinski definition) is 3. The van der Waals surface area contributed by atoms with Gasteiger partial charge in [-0.3, -0.25) is 5.32 Å². The van der Waals surface area contributed by atoms with Crippen LogP contribution >= 0.6 is 0 Å². The van der Waals surface area contributed by atoms with Crippen molar-refractivity contribution in [3.63, 3.8) is 0 Å². The molecule has 1 aliphatic rings. The third-order valence-electron chi connectivity index (χ3n) is 4.08. The van der Waals surface area contributed by atoms with Crippen molar-refractivity contribution in [1.82, 2.24) is 10.3 Å². The lowest BCUT2D eigenvalue weighted by atomic mass is 9.88. The lowest BCUT2D eigenvalue weighted by molar-refractivity contribution is -0.137. The van der Waals surface area contributed by atoms with Crippen LogP contribution in [0.15, 0.2) is 18.3 Å². The molecular formula is C16H22F3N3O2. The van der Waals surface area contributed by atoms with Gasteiger partial charge < -0.3 is 10.1 Å². The van der Waals surface area contributed by atoms with Crippen molar-refractivity contribution in [2.75, 3.05) is 18.5 Å². The van der Waals surface area contributed by atoms with Crippen molar-refractivity contribution in [3.8, 4) is 0 Å². The minimum atomic E-state index is -4.44. The minimum absolute atomic E-state index is 0.0577. The summed E-state index contributed by atoms with van der Waals surface area (Å²) in [5, 5.41) is 4.98. The van der Waals surface area contributed by atoms with E-state index in [1.165, 1.54) is 12.8 Å². The molecule has 0 radical (unpaired) electrons. The molecule has 0 spiro atoms. The highest BCUT2D eigenvalue weighted by molar-refractivity contribution is 5.88. The van der Waals surface area contributed by atoms with E-state index < -0.39 is 17.8 Å². The highest BCUT2D eigenvalue weighted by Gasteiger charge is 2.30. The summed E-state index contributed by atoms with van der Waals surface area (Å²) in [4.78, 5) is 15.2. The average molecular weight is 345 g/mol. The third-order valence-corrected chi connectivity index (χ3v) is 4.08. The van der Waals surface area contributed by atoms with Crippen molar-refractivity contribution in [2.45, 2.75) is 44.9 Å². The maximum Gasteiger partial charge on any atom is 0.417 e. The first-order valence-electron chi connectivity index (χ1n) is 8.06. The molecule has 0 saturated heterocycles. The predicted molar refractivity (Wildman–Crippen MR) is 83.6 cm³/mol. The van der Waals surface area contributed by atoms with E-state index in [9.17, 15) is 18.0 Å². The highest BCUT2D eigenvalue weighted by atomic mass is 19.4. The van der Waals surface area contributed by atoms with E-state index in [-0.39, 0.29) is 11.9 Å². The number of halogens is 3. The number of aromatic nitrogens is 1. The molecule has 8 heteroatoms. The van der Waals surface area contributed by atoms with Crippen LogP contribution in [0.1, 0.15) is 38.2 Å². The van der Waals surface area contributed by atoms with Gasteiger partial charge in [0.2, 0.25) is 0 Å². The zero-order valence-electron chi connectivity index (χ0n) is 13.5. The van der Waals surface area contributed by atoms with Crippen molar-refractivity contribution < 1.29 is 22.7 Å². The second-order valence-corrected chi connectivity index (χ2v) is 5.98. The number of rotatable bonds is 5. The summed E-state index contributed by atoms with van der Waals surface area (Å²) in [6, 6.07) is 1.46. The summed E-state index contributed by atoms with van der Waals surface area (Å²) in [5.41, 5.74) is -0.858. The number of nitrogens with zero attached hydrogens (tertiary/aromatic N) is 1. The normalized spacial score (nSPS) is 21.3. The molecule has 2 atom stereocenters. The van der Waals surface area contributed by atoms with E-state index in [4.69, 9.17) is 4.74 Å². The Kier molecular flexibility index (Phi) is 6.42. The van der Waals surface area contributed by atoms with E-state index in [2.05, 4.69) is 22.5 Å². The molecule has 1 aromatic rings. The maximum atomic E-state index is 12.4. The second kappa shape index (κ2) is 8.32. The molecule has 1 aliphatic carbocycles. The maximum absolute atomic E-state index is 12.4. The van der Waals surface area contributed by atoms with Gasteiger partial charge in [0.15, 0.2) is 0 Å². The van der Waals surface area contributed by atoms with Crippen LogP contribution in [0.2, 0.25) is 0 Å². The van der Waals surface area contributed by atoms with Gasteiger partial charge in [-0.05, 0) is 30.9 Å². The summed E-state index contributed by atoms with van der Waals surface area (Å²) < 4.78 is 43.0. The van der Waals surface area contributed by atoms with E-state index >= 15 is 0 Å². The number of amides is 2. The van der Waals surface area contributed by atoms with Gasteiger partial charge in [0.1, 0.15) is 5.82 Å². The number of urea groups is 1. The molecule has 2 amide bonds. The van der Waals surface area contributed by atoms with Gasteiger partial charge in [0.25, 0.3) is 0 Å². The molecule has 1 saturated carbocycles. The monoisotopic (exact) mass is 345 g/mol. The Bertz CT molecular complexity index is 534. The first-order chi connectivity index (χ1) is 11.4. The quantitative estimate of drug-likeness (QED) is 0.798. The number of nitrogens with one attached hydrogen (secondary N) is 2. The van der Waals surface area contributed by atoms with Gasteiger partial charge in [0, 0.05) is 12.7 Å². The molecule has 1 fully saturated rings. The van der Waals surface area contributed by atoms with Crippen molar-refractivity contribution in [2.24, 2.45) is 5.92 Å². The number of anilines is 1. The van der Waals surface area contributed by atoms with Gasteiger partial charge in [-0.25, -0.2) is 9.78 Å². The molecule has 2 rings (SSSR count). The van der Waals surface area contributed by atoms with Gasteiger partial charge in [-0.15, -0.1) is 0 Å².